The second-order valence-corrected chi connectivity index (χ2v) is 7.69. The molecule has 0 radical (unpaired) electrons. The Labute approximate surface area is 186 Å². The third kappa shape index (κ3) is 4.84. The number of nitrogens with one attached hydrogen (secondary N) is 1. The first kappa shape index (κ1) is 23.8. The second-order valence-electron chi connectivity index (χ2n) is 7.69. The molecule has 33 heavy (non-hydrogen) atoms. The molecule has 3 N–H and O–H groups in total. The van der Waals surface area contributed by atoms with Crippen LogP contribution in [0.25, 0.3) is 10.9 Å². The normalized spacial score (nSPS) is 12.0. The average molecular weight is 462 g/mol. The van der Waals surface area contributed by atoms with Crippen molar-refractivity contribution in [3.05, 3.63) is 64.6 Å². The number of phenols is 1. The van der Waals surface area contributed by atoms with Crippen LogP contribution in [0.15, 0.2) is 30.3 Å². The fraction of sp³-hybridized carbons (Fsp3) is 0.261. The summed E-state index contributed by atoms with van der Waals surface area (Å²) in [7, 11) is 0. The van der Waals surface area contributed by atoms with Crippen molar-refractivity contribution >= 4 is 28.7 Å². The molecule has 2 aromatic carbocycles. The average Bonchev–Trinajstić information content (AvgIpc) is 3.01. The van der Waals surface area contributed by atoms with E-state index in [1.807, 2.05) is 0 Å². The summed E-state index contributed by atoms with van der Waals surface area (Å²) in [5.74, 6) is -6.27. The second kappa shape index (κ2) is 9.35. The maximum Gasteiger partial charge on any atom is 0.305 e. The van der Waals surface area contributed by atoms with Crippen molar-refractivity contribution < 1.29 is 37.8 Å². The van der Waals surface area contributed by atoms with Gasteiger partial charge in [0.2, 0.25) is 5.91 Å². The Morgan fingerprint density at radius 1 is 1.09 bits per heavy atom. The van der Waals surface area contributed by atoms with E-state index in [1.165, 1.54) is 19.9 Å². The number of carboxylic acids is 1. The Morgan fingerprint density at radius 3 is 2.42 bits per heavy atom. The van der Waals surface area contributed by atoms with Gasteiger partial charge in [0.1, 0.15) is 0 Å². The molecule has 0 bridgehead atoms. The van der Waals surface area contributed by atoms with Crippen LogP contribution in [0.5, 0.6) is 5.75 Å². The van der Waals surface area contributed by atoms with Crippen LogP contribution in [0.4, 0.5) is 13.2 Å². The van der Waals surface area contributed by atoms with Crippen molar-refractivity contribution in [3.63, 3.8) is 0 Å². The highest BCUT2D eigenvalue weighted by molar-refractivity contribution is 6.04. The number of carboxylic acid groups (broad SMARTS) is 1. The van der Waals surface area contributed by atoms with E-state index in [0.29, 0.717) is 0 Å². The molecule has 3 rings (SSSR count). The summed E-state index contributed by atoms with van der Waals surface area (Å²) >= 11 is 0. The summed E-state index contributed by atoms with van der Waals surface area (Å²) in [5, 5.41) is 21.1. The van der Waals surface area contributed by atoms with Gasteiger partial charge in [-0.05, 0) is 56.2 Å². The minimum absolute atomic E-state index is 0.0214. The molecule has 0 unspecified atom stereocenters. The summed E-state index contributed by atoms with van der Waals surface area (Å²) in [5.41, 5.74) is 0.451. The molecule has 1 atom stereocenters. The molecule has 1 aromatic heterocycles. The molecule has 0 saturated heterocycles. The summed E-state index contributed by atoms with van der Waals surface area (Å²) in [4.78, 5) is 36.1. The van der Waals surface area contributed by atoms with E-state index in [1.54, 1.807) is 0 Å². The number of rotatable bonds is 7. The van der Waals surface area contributed by atoms with Gasteiger partial charge in [-0.25, -0.2) is 13.2 Å². The molecule has 0 saturated carbocycles. The van der Waals surface area contributed by atoms with E-state index >= 15 is 0 Å². The first-order valence-electron chi connectivity index (χ1n) is 10.0. The van der Waals surface area contributed by atoms with E-state index in [9.17, 15) is 32.7 Å². The number of aromatic nitrogens is 1. The number of carbonyl (C=O) groups excluding carboxylic acids is 2. The smallest absolute Gasteiger partial charge is 0.305 e. The molecule has 1 amide bonds. The fourth-order valence-electron chi connectivity index (χ4n) is 3.75. The number of aryl methyl sites for hydroxylation is 1. The lowest BCUT2D eigenvalue weighted by atomic mass is 10.0. The predicted molar refractivity (Wildman–Crippen MR) is 113 cm³/mol. The zero-order valence-corrected chi connectivity index (χ0v) is 17.8. The third-order valence-corrected chi connectivity index (χ3v) is 5.27. The molecule has 0 aliphatic heterocycles. The predicted octanol–water partition coefficient (Wildman–Crippen LogP) is 3.67. The number of halogens is 3. The van der Waals surface area contributed by atoms with E-state index < -0.39 is 47.0 Å². The van der Waals surface area contributed by atoms with Crippen molar-refractivity contribution in [3.8, 4) is 5.75 Å². The molecular formula is C23H21F3N2O5. The van der Waals surface area contributed by atoms with E-state index in [4.69, 9.17) is 5.11 Å². The molecule has 1 heterocycles. The Bertz CT molecular complexity index is 1270. The van der Waals surface area contributed by atoms with Crippen LogP contribution in [0.3, 0.4) is 0 Å². The van der Waals surface area contributed by atoms with Gasteiger partial charge in [-0.2, -0.15) is 0 Å². The third-order valence-electron chi connectivity index (χ3n) is 5.27. The number of hydrogen-bond acceptors (Lipinski definition) is 4. The van der Waals surface area contributed by atoms with Crippen LogP contribution in [0.1, 0.15) is 41.4 Å². The van der Waals surface area contributed by atoms with Crippen LogP contribution < -0.4 is 5.32 Å². The number of fused-ring (bicyclic) bond motifs is 1. The number of phenolic OH excluding ortho intramolecular Hbond substituents is 1. The molecule has 0 spiro atoms. The number of hydrogen-bond donors (Lipinski definition) is 3. The monoisotopic (exact) mass is 462 g/mol. The van der Waals surface area contributed by atoms with Gasteiger partial charge in [-0.15, -0.1) is 0 Å². The zero-order valence-electron chi connectivity index (χ0n) is 17.8. The fourth-order valence-corrected chi connectivity index (χ4v) is 3.75. The Hall–Kier alpha value is -3.82. The van der Waals surface area contributed by atoms with Crippen LogP contribution in [0.2, 0.25) is 0 Å². The summed E-state index contributed by atoms with van der Waals surface area (Å²) in [6, 6.07) is 4.40. The minimum Gasteiger partial charge on any atom is -0.505 e. The van der Waals surface area contributed by atoms with Gasteiger partial charge in [-0.1, -0.05) is 0 Å². The van der Waals surface area contributed by atoms with E-state index in [2.05, 4.69) is 5.32 Å². The molecule has 7 nitrogen and oxygen atoms in total. The van der Waals surface area contributed by atoms with Crippen molar-refractivity contribution in [1.82, 2.24) is 9.88 Å². The first-order valence-corrected chi connectivity index (χ1v) is 10.0. The minimum atomic E-state index is -1.22. The highest BCUT2D eigenvalue weighted by atomic mass is 19.2. The highest BCUT2D eigenvalue weighted by Gasteiger charge is 2.25. The lowest BCUT2D eigenvalue weighted by molar-refractivity contribution is -0.137. The van der Waals surface area contributed by atoms with Crippen LogP contribution >= 0.6 is 0 Å². The number of aromatic hydroxyl groups is 1. The summed E-state index contributed by atoms with van der Waals surface area (Å²) in [6.45, 7) is 3.04. The van der Waals surface area contributed by atoms with E-state index in [0.717, 1.165) is 28.8 Å². The highest BCUT2D eigenvalue weighted by Crippen LogP contribution is 2.34. The standard InChI is InChI=1S/C23H21F3N2O5/c1-11(9-20(31)32)27-19(30)8-4-14-12(2)28(17-6-7-18(29)22(26)21(14)17)23(33)13-3-5-15(24)16(25)10-13/h3,5-7,10-11,29H,4,8-9H2,1-2H3,(H,27,30)(H,31,32)/t11-/m0/s1. The van der Waals surface area contributed by atoms with Crippen LogP contribution in [-0.2, 0) is 16.0 Å². The number of aliphatic carboxylic acids is 1. The molecule has 3 aromatic rings. The number of amides is 1. The van der Waals surface area contributed by atoms with Crippen LogP contribution in [0, 0.1) is 24.4 Å². The molecule has 0 aliphatic rings. The Kier molecular flexibility index (Phi) is 6.75. The van der Waals surface area contributed by atoms with Gasteiger partial charge in [0.25, 0.3) is 5.91 Å². The van der Waals surface area contributed by atoms with Gasteiger partial charge >= 0.3 is 5.97 Å². The Balaban J connectivity index is 2.00. The number of carbonyl (C=O) groups is 3. The molecular weight excluding hydrogens is 441 g/mol. The zero-order chi connectivity index (χ0) is 24.4. The summed E-state index contributed by atoms with van der Waals surface area (Å²) < 4.78 is 42.9. The first-order chi connectivity index (χ1) is 15.5. The van der Waals surface area contributed by atoms with Gasteiger partial charge in [0, 0.05) is 29.1 Å². The number of nitrogens with zero attached hydrogens (tertiary/aromatic N) is 1. The number of benzene rings is 2. The van der Waals surface area contributed by atoms with Crippen molar-refractivity contribution in [2.45, 2.75) is 39.2 Å². The topological polar surface area (TPSA) is 109 Å². The van der Waals surface area contributed by atoms with E-state index in [-0.39, 0.29) is 47.0 Å². The Morgan fingerprint density at radius 2 is 1.79 bits per heavy atom. The van der Waals surface area contributed by atoms with Crippen molar-refractivity contribution in [2.75, 3.05) is 0 Å². The maximum absolute atomic E-state index is 14.9. The van der Waals surface area contributed by atoms with Gasteiger partial charge in [0.15, 0.2) is 23.2 Å². The van der Waals surface area contributed by atoms with Gasteiger partial charge in [0.05, 0.1) is 11.9 Å². The summed E-state index contributed by atoms with van der Waals surface area (Å²) in [6.07, 6.45) is -0.430. The largest absolute Gasteiger partial charge is 0.505 e. The lowest BCUT2D eigenvalue weighted by Gasteiger charge is -2.11. The van der Waals surface area contributed by atoms with Crippen LogP contribution in [-0.4, -0.2) is 38.6 Å². The van der Waals surface area contributed by atoms with Gasteiger partial charge < -0.3 is 15.5 Å². The SMILES string of the molecule is Cc1c(CCC(=O)N[C@@H](C)CC(=O)O)c2c(F)c(O)ccc2n1C(=O)c1ccc(F)c(F)c1. The van der Waals surface area contributed by atoms with Crippen molar-refractivity contribution in [2.24, 2.45) is 0 Å². The molecule has 0 aliphatic carbocycles. The van der Waals surface area contributed by atoms with Crippen molar-refractivity contribution in [1.29, 1.82) is 0 Å². The molecule has 0 fully saturated rings. The quantitative estimate of drug-likeness (QED) is 0.497. The molecule has 174 valence electrons. The van der Waals surface area contributed by atoms with Gasteiger partial charge in [-0.3, -0.25) is 19.0 Å². The maximum atomic E-state index is 14.9. The molecule has 10 heteroatoms. The lowest BCUT2D eigenvalue weighted by Crippen LogP contribution is -2.34.